The number of ether oxygens (including phenoxy) is 1. The molecule has 0 aliphatic carbocycles. The summed E-state index contributed by atoms with van der Waals surface area (Å²) in [6.07, 6.45) is -0.139. The summed E-state index contributed by atoms with van der Waals surface area (Å²) in [5.41, 5.74) is 0. The molecular formula is C9H12BrNO4S2. The van der Waals surface area contributed by atoms with Gasteiger partial charge in [-0.3, -0.25) is 4.79 Å². The molecule has 17 heavy (non-hydrogen) atoms. The molecule has 0 aliphatic heterocycles. The molecule has 1 aromatic rings. The Kier molecular flexibility index (Phi) is 5.57. The average Bonchev–Trinajstić information content (AvgIpc) is 2.70. The van der Waals surface area contributed by atoms with Crippen molar-refractivity contribution in [1.29, 1.82) is 0 Å². The monoisotopic (exact) mass is 341 g/mol. The quantitative estimate of drug-likeness (QED) is 0.795. The first-order chi connectivity index (χ1) is 7.93. The van der Waals surface area contributed by atoms with Crippen molar-refractivity contribution in [3.05, 3.63) is 20.8 Å². The largest absolute Gasteiger partial charge is 0.469 e. The Morgan fingerprint density at radius 1 is 1.59 bits per heavy atom. The second-order valence-electron chi connectivity index (χ2n) is 3.20. The maximum Gasteiger partial charge on any atom is 0.306 e. The number of nitrogens with one attached hydrogen (secondary N) is 1. The summed E-state index contributed by atoms with van der Waals surface area (Å²) < 4.78 is 30.7. The second kappa shape index (κ2) is 6.48. The molecule has 0 amide bonds. The molecule has 1 aromatic heterocycles. The Balaban J connectivity index is 2.42. The third-order valence-corrected chi connectivity index (χ3v) is 4.91. The summed E-state index contributed by atoms with van der Waals surface area (Å²) in [7, 11) is -2.21. The minimum Gasteiger partial charge on any atom is -0.469 e. The van der Waals surface area contributed by atoms with E-state index in [1.54, 1.807) is 0 Å². The number of methoxy groups -OCH3 is 1. The van der Waals surface area contributed by atoms with Gasteiger partial charge in [-0.05, 0) is 22.0 Å². The van der Waals surface area contributed by atoms with Crippen LogP contribution in [0.4, 0.5) is 0 Å². The molecule has 0 unspecified atom stereocenters. The lowest BCUT2D eigenvalue weighted by atomic mass is 10.5. The Hall–Kier alpha value is -0.440. The third kappa shape index (κ3) is 5.62. The number of sulfonamides is 1. The number of esters is 1. The van der Waals surface area contributed by atoms with Gasteiger partial charge in [0, 0.05) is 21.3 Å². The van der Waals surface area contributed by atoms with E-state index in [2.05, 4.69) is 25.4 Å². The van der Waals surface area contributed by atoms with Gasteiger partial charge >= 0.3 is 5.97 Å². The molecule has 0 saturated carbocycles. The zero-order valence-corrected chi connectivity index (χ0v) is 12.3. The molecule has 0 radical (unpaired) electrons. The molecule has 0 bridgehead atoms. The Morgan fingerprint density at radius 3 is 2.82 bits per heavy atom. The molecule has 8 heteroatoms. The smallest absolute Gasteiger partial charge is 0.306 e. The van der Waals surface area contributed by atoms with Crippen LogP contribution >= 0.6 is 27.3 Å². The maximum atomic E-state index is 11.5. The van der Waals surface area contributed by atoms with Crippen LogP contribution in [0.3, 0.4) is 0 Å². The highest BCUT2D eigenvalue weighted by Crippen LogP contribution is 2.19. The first-order valence-corrected chi connectivity index (χ1v) is 8.02. The topological polar surface area (TPSA) is 72.5 Å². The standard InChI is InChI=1S/C9H12BrNO4S2/c1-15-9(12)2-3-17(13,14)11-5-8-4-7(10)6-16-8/h4,6,11H,2-3,5H2,1H3. The van der Waals surface area contributed by atoms with Crippen LogP contribution in [0.5, 0.6) is 0 Å². The zero-order valence-electron chi connectivity index (χ0n) is 9.10. The van der Waals surface area contributed by atoms with Gasteiger partial charge in [0.2, 0.25) is 10.0 Å². The van der Waals surface area contributed by atoms with E-state index in [1.807, 2.05) is 11.4 Å². The minimum absolute atomic E-state index is 0.139. The minimum atomic E-state index is -3.44. The van der Waals surface area contributed by atoms with Crippen molar-refractivity contribution < 1.29 is 17.9 Å². The zero-order chi connectivity index (χ0) is 12.9. The van der Waals surface area contributed by atoms with E-state index >= 15 is 0 Å². The highest BCUT2D eigenvalue weighted by molar-refractivity contribution is 9.10. The summed E-state index contributed by atoms with van der Waals surface area (Å²) in [6.45, 7) is 0.236. The van der Waals surface area contributed by atoms with Crippen LogP contribution in [0.2, 0.25) is 0 Å². The fraction of sp³-hybridized carbons (Fsp3) is 0.444. The van der Waals surface area contributed by atoms with E-state index in [0.717, 1.165) is 9.35 Å². The van der Waals surface area contributed by atoms with Crippen LogP contribution < -0.4 is 4.72 Å². The summed E-state index contributed by atoms with van der Waals surface area (Å²) in [6, 6.07) is 1.84. The first kappa shape index (κ1) is 14.6. The third-order valence-electron chi connectivity index (χ3n) is 1.89. The fourth-order valence-corrected chi connectivity index (χ4v) is 3.46. The Bertz CT molecular complexity index is 483. The van der Waals surface area contributed by atoms with Crippen molar-refractivity contribution in [3.63, 3.8) is 0 Å². The highest BCUT2D eigenvalue weighted by Gasteiger charge is 2.13. The maximum absolute atomic E-state index is 11.5. The molecule has 0 aliphatic rings. The van der Waals surface area contributed by atoms with Crippen LogP contribution in [0, 0.1) is 0 Å². The van der Waals surface area contributed by atoms with E-state index in [-0.39, 0.29) is 18.7 Å². The molecule has 1 rings (SSSR count). The molecule has 0 saturated heterocycles. The molecule has 1 N–H and O–H groups in total. The molecular weight excluding hydrogens is 330 g/mol. The van der Waals surface area contributed by atoms with Crippen LogP contribution in [-0.2, 0) is 26.1 Å². The van der Waals surface area contributed by atoms with Crippen LogP contribution in [0.25, 0.3) is 0 Å². The number of carbonyl (C=O) groups excluding carboxylic acids is 1. The van der Waals surface area contributed by atoms with Crippen LogP contribution in [0.15, 0.2) is 15.9 Å². The van der Waals surface area contributed by atoms with Gasteiger partial charge in [0.05, 0.1) is 19.3 Å². The SMILES string of the molecule is COC(=O)CCS(=O)(=O)NCc1cc(Br)cs1. The van der Waals surface area contributed by atoms with Crippen molar-refractivity contribution in [3.8, 4) is 0 Å². The van der Waals surface area contributed by atoms with Crippen molar-refractivity contribution in [2.45, 2.75) is 13.0 Å². The Morgan fingerprint density at radius 2 is 2.29 bits per heavy atom. The first-order valence-electron chi connectivity index (χ1n) is 4.70. The highest BCUT2D eigenvalue weighted by atomic mass is 79.9. The van der Waals surface area contributed by atoms with Crippen molar-refractivity contribution in [2.75, 3.05) is 12.9 Å². The summed E-state index contributed by atoms with van der Waals surface area (Å²) in [4.78, 5) is 11.7. The molecule has 0 atom stereocenters. The lowest BCUT2D eigenvalue weighted by Crippen LogP contribution is -2.27. The fourth-order valence-electron chi connectivity index (χ4n) is 1.02. The van der Waals surface area contributed by atoms with Crippen molar-refractivity contribution in [2.24, 2.45) is 0 Å². The van der Waals surface area contributed by atoms with Gasteiger partial charge in [0.1, 0.15) is 0 Å². The predicted molar refractivity (Wildman–Crippen MR) is 69.3 cm³/mol. The van der Waals surface area contributed by atoms with E-state index in [4.69, 9.17) is 0 Å². The van der Waals surface area contributed by atoms with Gasteiger partial charge in [0.15, 0.2) is 0 Å². The van der Waals surface area contributed by atoms with Gasteiger partial charge in [-0.25, -0.2) is 13.1 Å². The second-order valence-corrected chi connectivity index (χ2v) is 7.04. The van der Waals surface area contributed by atoms with Crippen molar-refractivity contribution in [1.82, 2.24) is 4.72 Å². The van der Waals surface area contributed by atoms with Crippen LogP contribution in [0.1, 0.15) is 11.3 Å². The number of halogens is 1. The number of thiophene rings is 1. The van der Waals surface area contributed by atoms with Crippen LogP contribution in [-0.4, -0.2) is 27.2 Å². The van der Waals surface area contributed by atoms with E-state index in [1.165, 1.54) is 18.4 Å². The number of hydrogen-bond acceptors (Lipinski definition) is 5. The van der Waals surface area contributed by atoms with Gasteiger partial charge in [-0.15, -0.1) is 11.3 Å². The molecule has 1 heterocycles. The lowest BCUT2D eigenvalue weighted by molar-refractivity contribution is -0.140. The molecule has 0 spiro atoms. The van der Waals surface area contributed by atoms with Gasteiger partial charge in [0.25, 0.3) is 0 Å². The van der Waals surface area contributed by atoms with Gasteiger partial charge < -0.3 is 4.74 Å². The van der Waals surface area contributed by atoms with Crippen molar-refractivity contribution >= 4 is 43.3 Å². The molecule has 96 valence electrons. The summed E-state index contributed by atoms with van der Waals surface area (Å²) >= 11 is 4.74. The Labute approximate surface area is 112 Å². The molecule has 5 nitrogen and oxygen atoms in total. The number of hydrogen-bond donors (Lipinski definition) is 1. The predicted octanol–water partition coefficient (Wildman–Crippen LogP) is 1.49. The summed E-state index contributed by atoms with van der Waals surface area (Å²) in [5, 5.41) is 1.87. The van der Waals surface area contributed by atoms with E-state index in [9.17, 15) is 13.2 Å². The average molecular weight is 342 g/mol. The molecule has 0 fully saturated rings. The van der Waals surface area contributed by atoms with Gasteiger partial charge in [-0.1, -0.05) is 0 Å². The molecule has 0 aromatic carbocycles. The van der Waals surface area contributed by atoms with E-state index < -0.39 is 16.0 Å². The van der Waals surface area contributed by atoms with Gasteiger partial charge in [-0.2, -0.15) is 0 Å². The number of rotatable bonds is 6. The van der Waals surface area contributed by atoms with E-state index in [0.29, 0.717) is 0 Å². The summed E-state index contributed by atoms with van der Waals surface area (Å²) in [5.74, 6) is -0.791. The number of carbonyl (C=O) groups is 1. The lowest BCUT2D eigenvalue weighted by Gasteiger charge is -2.04. The normalized spacial score (nSPS) is 11.4.